The van der Waals surface area contributed by atoms with Gasteiger partial charge >= 0.3 is 0 Å². The van der Waals surface area contributed by atoms with Crippen molar-refractivity contribution in [2.45, 2.75) is 6.92 Å². The summed E-state index contributed by atoms with van der Waals surface area (Å²) in [6, 6.07) is 0. The summed E-state index contributed by atoms with van der Waals surface area (Å²) in [7, 11) is 0. The van der Waals surface area contributed by atoms with Crippen LogP contribution in [-0.4, -0.2) is 15.0 Å². The Labute approximate surface area is 81.0 Å². The molecule has 0 saturated carbocycles. The van der Waals surface area contributed by atoms with Crippen LogP contribution in [-0.2, 0) is 0 Å². The maximum absolute atomic E-state index is 4.30. The van der Waals surface area contributed by atoms with Crippen LogP contribution < -0.4 is 0 Å². The summed E-state index contributed by atoms with van der Waals surface area (Å²) in [6.07, 6.45) is 1.57. The average Bonchev–Trinajstić information content (AvgIpc) is 2.31. The number of rotatable bonds is 0. The third-order valence-electron chi connectivity index (χ3n) is 1.26. The van der Waals surface area contributed by atoms with Gasteiger partial charge in [-0.1, -0.05) is 11.3 Å². The largest absolute Gasteiger partial charge is 0.237 e. The van der Waals surface area contributed by atoms with E-state index in [1.165, 1.54) is 0 Å². The number of halogens is 1. The Morgan fingerprint density at radius 2 is 2.27 bits per heavy atom. The first-order chi connectivity index (χ1) is 5.27. The number of hydrogen-bond acceptors (Lipinski definition) is 4. The van der Waals surface area contributed by atoms with Crippen LogP contribution in [0.15, 0.2) is 6.33 Å². The van der Waals surface area contributed by atoms with Crippen LogP contribution in [0.25, 0.3) is 10.3 Å². The lowest BCUT2D eigenvalue weighted by atomic mass is 10.6. The van der Waals surface area contributed by atoms with Crippen LogP contribution in [0.1, 0.15) is 5.01 Å². The van der Waals surface area contributed by atoms with Crippen molar-refractivity contribution in [3.8, 4) is 0 Å². The normalized spacial score (nSPS) is 10.7. The fourth-order valence-electron chi connectivity index (χ4n) is 0.831. The summed E-state index contributed by atoms with van der Waals surface area (Å²) in [4.78, 5) is 13.4. The summed E-state index contributed by atoms with van der Waals surface area (Å²) in [6.45, 7) is 1.97. The standard InChI is InChI=1S/C6H4IN3S/c1-3-10-4-5(7)8-2-9-6(4)11-3/h2H,1H3. The predicted octanol–water partition coefficient (Wildman–Crippen LogP) is 2.00. The van der Waals surface area contributed by atoms with E-state index in [0.717, 1.165) is 19.1 Å². The number of thiazole rings is 1. The van der Waals surface area contributed by atoms with Gasteiger partial charge in [-0.25, -0.2) is 15.0 Å². The maximum atomic E-state index is 4.30. The van der Waals surface area contributed by atoms with Crippen molar-refractivity contribution < 1.29 is 0 Å². The molecule has 0 unspecified atom stereocenters. The van der Waals surface area contributed by atoms with Crippen molar-refractivity contribution in [3.05, 3.63) is 15.0 Å². The molecule has 2 aromatic heterocycles. The third-order valence-corrected chi connectivity index (χ3v) is 2.93. The lowest BCUT2D eigenvalue weighted by Gasteiger charge is -1.86. The molecule has 0 bridgehead atoms. The topological polar surface area (TPSA) is 38.7 Å². The van der Waals surface area contributed by atoms with Crippen molar-refractivity contribution in [2.75, 3.05) is 0 Å². The van der Waals surface area contributed by atoms with E-state index in [1.807, 2.05) is 6.92 Å². The molecule has 56 valence electrons. The molecule has 0 saturated heterocycles. The zero-order valence-electron chi connectivity index (χ0n) is 5.71. The van der Waals surface area contributed by atoms with Gasteiger partial charge in [-0.3, -0.25) is 0 Å². The molecule has 0 aromatic carbocycles. The number of aromatic nitrogens is 3. The van der Waals surface area contributed by atoms with Crippen LogP contribution in [0.2, 0.25) is 0 Å². The molecular weight excluding hydrogens is 273 g/mol. The van der Waals surface area contributed by atoms with Crippen LogP contribution in [0.4, 0.5) is 0 Å². The molecule has 11 heavy (non-hydrogen) atoms. The Morgan fingerprint density at radius 3 is 3.00 bits per heavy atom. The van der Waals surface area contributed by atoms with Crippen molar-refractivity contribution in [1.29, 1.82) is 0 Å². The van der Waals surface area contributed by atoms with E-state index in [2.05, 4.69) is 37.5 Å². The smallest absolute Gasteiger partial charge is 0.148 e. The molecule has 0 aliphatic carbocycles. The predicted molar refractivity (Wildman–Crippen MR) is 52.7 cm³/mol. The van der Waals surface area contributed by atoms with Gasteiger partial charge < -0.3 is 0 Å². The van der Waals surface area contributed by atoms with Crippen LogP contribution in [0.3, 0.4) is 0 Å². The molecule has 5 heteroatoms. The number of hydrogen-bond donors (Lipinski definition) is 0. The summed E-state index contributed by atoms with van der Waals surface area (Å²) in [5, 5.41) is 1.04. The van der Waals surface area contributed by atoms with Crippen molar-refractivity contribution in [3.63, 3.8) is 0 Å². The van der Waals surface area contributed by atoms with Gasteiger partial charge in [0.15, 0.2) is 0 Å². The zero-order chi connectivity index (χ0) is 7.84. The van der Waals surface area contributed by atoms with Gasteiger partial charge in [0.2, 0.25) is 0 Å². The average molecular weight is 277 g/mol. The lowest BCUT2D eigenvalue weighted by Crippen LogP contribution is -1.83. The maximum Gasteiger partial charge on any atom is 0.148 e. The molecule has 0 aliphatic heterocycles. The highest BCUT2D eigenvalue weighted by atomic mass is 127. The molecule has 0 amide bonds. The molecule has 0 aliphatic rings. The molecule has 3 nitrogen and oxygen atoms in total. The van der Waals surface area contributed by atoms with E-state index in [4.69, 9.17) is 0 Å². The van der Waals surface area contributed by atoms with E-state index in [9.17, 15) is 0 Å². The highest BCUT2D eigenvalue weighted by Crippen LogP contribution is 2.21. The van der Waals surface area contributed by atoms with E-state index >= 15 is 0 Å². The first-order valence-electron chi connectivity index (χ1n) is 3.01. The molecule has 2 heterocycles. The minimum absolute atomic E-state index is 0.926. The SMILES string of the molecule is Cc1nc2c(I)ncnc2s1. The van der Waals surface area contributed by atoms with Crippen molar-refractivity contribution in [2.24, 2.45) is 0 Å². The Hall–Kier alpha value is -0.300. The highest BCUT2D eigenvalue weighted by molar-refractivity contribution is 14.1. The van der Waals surface area contributed by atoms with Crippen LogP contribution >= 0.6 is 33.9 Å². The number of aryl methyl sites for hydroxylation is 1. The van der Waals surface area contributed by atoms with Gasteiger partial charge in [0, 0.05) is 0 Å². The second-order valence-corrected chi connectivity index (χ2v) is 4.25. The lowest BCUT2D eigenvalue weighted by molar-refractivity contribution is 1.18. The van der Waals surface area contributed by atoms with Crippen molar-refractivity contribution in [1.82, 2.24) is 15.0 Å². The highest BCUT2D eigenvalue weighted by Gasteiger charge is 2.04. The minimum Gasteiger partial charge on any atom is -0.237 e. The van der Waals surface area contributed by atoms with Gasteiger partial charge in [0.05, 0.1) is 5.01 Å². The summed E-state index contributed by atoms with van der Waals surface area (Å²) in [5.74, 6) is 0. The fraction of sp³-hybridized carbons (Fsp3) is 0.167. The number of fused-ring (bicyclic) bond motifs is 1. The summed E-state index contributed by atoms with van der Waals surface area (Å²) >= 11 is 3.76. The Bertz CT molecular complexity index is 398. The summed E-state index contributed by atoms with van der Waals surface area (Å²) < 4.78 is 0.928. The van der Waals surface area contributed by atoms with E-state index < -0.39 is 0 Å². The first-order valence-corrected chi connectivity index (χ1v) is 4.90. The van der Waals surface area contributed by atoms with Gasteiger partial charge in [0.1, 0.15) is 20.4 Å². The molecular formula is C6H4IN3S. The third kappa shape index (κ3) is 1.22. The Balaban J connectivity index is 2.90. The molecule has 0 N–H and O–H groups in total. The van der Waals surface area contributed by atoms with E-state index in [-0.39, 0.29) is 0 Å². The molecule has 0 fully saturated rings. The fourth-order valence-corrected chi connectivity index (χ4v) is 2.27. The van der Waals surface area contributed by atoms with Gasteiger partial charge in [-0.15, -0.1) is 0 Å². The van der Waals surface area contributed by atoms with E-state index in [0.29, 0.717) is 0 Å². The first kappa shape index (κ1) is 7.35. The summed E-state index contributed by atoms with van der Waals surface area (Å²) in [5.41, 5.74) is 0.926. The Kier molecular flexibility index (Phi) is 1.76. The molecule has 2 rings (SSSR count). The van der Waals surface area contributed by atoms with Crippen LogP contribution in [0.5, 0.6) is 0 Å². The van der Waals surface area contributed by atoms with Crippen molar-refractivity contribution >= 4 is 44.3 Å². The molecule has 0 atom stereocenters. The molecule has 2 aromatic rings. The second-order valence-electron chi connectivity index (χ2n) is 2.05. The van der Waals surface area contributed by atoms with Crippen LogP contribution in [0, 0.1) is 10.6 Å². The molecule has 0 radical (unpaired) electrons. The quantitative estimate of drug-likeness (QED) is 0.546. The van der Waals surface area contributed by atoms with Gasteiger partial charge in [-0.05, 0) is 29.5 Å². The minimum atomic E-state index is 0.926. The monoisotopic (exact) mass is 277 g/mol. The van der Waals surface area contributed by atoms with E-state index in [1.54, 1.807) is 17.7 Å². The Morgan fingerprint density at radius 1 is 1.45 bits per heavy atom. The second kappa shape index (κ2) is 2.63. The van der Waals surface area contributed by atoms with Gasteiger partial charge in [0.25, 0.3) is 0 Å². The van der Waals surface area contributed by atoms with Gasteiger partial charge in [-0.2, -0.15) is 0 Å². The number of nitrogens with zero attached hydrogens (tertiary/aromatic N) is 3. The zero-order valence-corrected chi connectivity index (χ0v) is 8.68. The molecule has 0 spiro atoms.